The van der Waals surface area contributed by atoms with Crippen LogP contribution in [0.1, 0.15) is 60.7 Å². The molecular weight excluding hydrogens is 709 g/mol. The van der Waals surface area contributed by atoms with Gasteiger partial charge in [0.15, 0.2) is 0 Å². The number of carbonyl (C=O) groups is 3. The molecule has 3 aromatic carbocycles. The molecule has 3 heterocycles. The van der Waals surface area contributed by atoms with E-state index in [2.05, 4.69) is 25.3 Å². The lowest BCUT2D eigenvalue weighted by Crippen LogP contribution is -2.55. The Morgan fingerprint density at radius 1 is 0.963 bits per heavy atom. The Kier molecular flexibility index (Phi) is 10.9. The summed E-state index contributed by atoms with van der Waals surface area (Å²) in [4.78, 5) is 51.0. The third-order valence-electron chi connectivity index (χ3n) is 9.63. The van der Waals surface area contributed by atoms with Crippen molar-refractivity contribution in [3.63, 3.8) is 0 Å². The Labute approximate surface area is 315 Å². The molecule has 3 amide bonds. The summed E-state index contributed by atoms with van der Waals surface area (Å²) in [7, 11) is -4.18. The zero-order valence-electron chi connectivity index (χ0n) is 31.1. The van der Waals surface area contributed by atoms with Crippen LogP contribution in [0.15, 0.2) is 83.8 Å². The number of carbonyl (C=O) groups excluding carboxylic acids is 3. The van der Waals surface area contributed by atoms with Crippen LogP contribution in [0.4, 0.5) is 10.7 Å². The Morgan fingerprint density at radius 2 is 1.65 bits per heavy atom. The molecule has 284 valence electrons. The van der Waals surface area contributed by atoms with Crippen LogP contribution < -0.4 is 20.1 Å². The number of nitrogens with zero attached hydrogens (tertiary/aromatic N) is 3. The van der Waals surface area contributed by atoms with Gasteiger partial charge in [0.1, 0.15) is 11.6 Å². The molecule has 1 fully saturated rings. The maximum absolute atomic E-state index is 14.1. The first-order valence-electron chi connectivity index (χ1n) is 17.9. The molecule has 14 heteroatoms. The van der Waals surface area contributed by atoms with Gasteiger partial charge in [-0.15, -0.1) is 0 Å². The lowest BCUT2D eigenvalue weighted by atomic mass is 9.78. The summed E-state index contributed by atoms with van der Waals surface area (Å²) in [5.74, 6) is -0.708. The van der Waals surface area contributed by atoms with E-state index in [1.54, 1.807) is 37.8 Å². The van der Waals surface area contributed by atoms with Gasteiger partial charge in [-0.1, -0.05) is 54.6 Å². The summed E-state index contributed by atoms with van der Waals surface area (Å²) in [6.07, 6.45) is 0.514. The summed E-state index contributed by atoms with van der Waals surface area (Å²) in [5, 5.41) is 5.79. The number of aromatic nitrogens is 2. The zero-order valence-corrected chi connectivity index (χ0v) is 32.0. The topological polar surface area (TPSA) is 169 Å². The van der Waals surface area contributed by atoms with Gasteiger partial charge in [-0.2, -0.15) is 4.98 Å². The lowest BCUT2D eigenvalue weighted by Gasteiger charge is -2.42. The van der Waals surface area contributed by atoms with Crippen LogP contribution in [0.2, 0.25) is 0 Å². The van der Waals surface area contributed by atoms with Gasteiger partial charge >= 0.3 is 6.09 Å². The summed E-state index contributed by atoms with van der Waals surface area (Å²) in [6, 6.07) is 21.9. The Bertz CT molecular complexity index is 2130. The number of piperidine rings is 1. The average molecular weight is 755 g/mol. The molecule has 0 saturated carbocycles. The molecule has 4 aromatic rings. The number of fused-ring (bicyclic) bond motifs is 4. The van der Waals surface area contributed by atoms with Gasteiger partial charge in [-0.25, -0.2) is 22.9 Å². The van der Waals surface area contributed by atoms with Gasteiger partial charge in [-0.3, -0.25) is 9.59 Å². The van der Waals surface area contributed by atoms with Crippen molar-refractivity contribution in [1.29, 1.82) is 0 Å². The number of amides is 3. The SMILES string of the molecule is Cc1cccc(C)c1-c1cc2nc(n1)NS(=O)(=O)c1cccc(c1)C(=O)NCC1(CCN(C(=O)C(Cc3ccccc3)NC(=O)OC(C)(C)C)CC1)CO2. The van der Waals surface area contributed by atoms with E-state index in [1.165, 1.54) is 18.2 Å². The predicted molar refractivity (Wildman–Crippen MR) is 204 cm³/mol. The number of alkyl carbamates (subject to hydrolysis) is 1. The highest BCUT2D eigenvalue weighted by molar-refractivity contribution is 7.92. The fourth-order valence-corrected chi connectivity index (χ4v) is 7.75. The van der Waals surface area contributed by atoms with Gasteiger partial charge < -0.3 is 25.0 Å². The van der Waals surface area contributed by atoms with Crippen LogP contribution in [0.5, 0.6) is 5.88 Å². The number of rotatable bonds is 5. The molecular formula is C40H46N6O7S. The molecule has 13 nitrogen and oxygen atoms in total. The van der Waals surface area contributed by atoms with Crippen molar-refractivity contribution in [3.05, 3.63) is 101 Å². The first-order valence-corrected chi connectivity index (χ1v) is 19.4. The van der Waals surface area contributed by atoms with Crippen LogP contribution in [0, 0.1) is 19.3 Å². The number of sulfonamides is 1. The van der Waals surface area contributed by atoms with Crippen LogP contribution >= 0.6 is 0 Å². The fourth-order valence-electron chi connectivity index (χ4n) is 6.77. The molecule has 1 aromatic heterocycles. The third-order valence-corrected chi connectivity index (χ3v) is 11.0. The van der Waals surface area contributed by atoms with E-state index in [9.17, 15) is 22.8 Å². The van der Waals surface area contributed by atoms with E-state index < -0.39 is 39.1 Å². The summed E-state index contributed by atoms with van der Waals surface area (Å²) in [6.45, 7) is 10.1. The molecule has 0 radical (unpaired) electrons. The fraction of sp³-hybridized carbons (Fsp3) is 0.375. The summed E-state index contributed by atoms with van der Waals surface area (Å²) in [5.41, 5.74) is 2.88. The molecule has 2 aliphatic rings. The number of likely N-dealkylation sites (tertiary alicyclic amines) is 1. The molecule has 1 saturated heterocycles. The summed E-state index contributed by atoms with van der Waals surface area (Å²) >= 11 is 0. The highest BCUT2D eigenvalue weighted by Gasteiger charge is 2.40. The zero-order chi connectivity index (χ0) is 38.7. The molecule has 1 spiro atoms. The molecule has 4 bridgehead atoms. The predicted octanol–water partition coefficient (Wildman–Crippen LogP) is 5.43. The van der Waals surface area contributed by atoms with Crippen molar-refractivity contribution in [2.24, 2.45) is 5.41 Å². The minimum Gasteiger partial charge on any atom is -0.477 e. The quantitative estimate of drug-likeness (QED) is 0.241. The molecule has 6 rings (SSSR count). The van der Waals surface area contributed by atoms with Crippen molar-refractivity contribution in [2.75, 3.05) is 31.0 Å². The van der Waals surface area contributed by atoms with E-state index in [4.69, 9.17) is 9.47 Å². The Hall–Kier alpha value is -5.50. The normalized spacial score (nSPS) is 17.2. The second-order valence-electron chi connectivity index (χ2n) is 15.0. The third kappa shape index (κ3) is 9.16. The average Bonchev–Trinajstić information content (AvgIpc) is 3.12. The van der Waals surface area contributed by atoms with Crippen molar-refractivity contribution >= 4 is 33.9 Å². The smallest absolute Gasteiger partial charge is 0.408 e. The van der Waals surface area contributed by atoms with E-state index in [-0.39, 0.29) is 47.8 Å². The highest BCUT2D eigenvalue weighted by Crippen LogP contribution is 2.35. The minimum absolute atomic E-state index is 0.106. The second-order valence-corrected chi connectivity index (χ2v) is 16.7. The Balaban J connectivity index is 1.29. The number of hydrogen-bond acceptors (Lipinski definition) is 9. The van der Waals surface area contributed by atoms with Crippen molar-refractivity contribution in [3.8, 4) is 17.1 Å². The first kappa shape index (κ1) is 38.2. The highest BCUT2D eigenvalue weighted by atomic mass is 32.2. The van der Waals surface area contributed by atoms with E-state index in [0.717, 1.165) is 22.3 Å². The molecule has 54 heavy (non-hydrogen) atoms. The lowest BCUT2D eigenvalue weighted by molar-refractivity contribution is -0.136. The number of aryl methyl sites for hydroxylation is 2. The maximum Gasteiger partial charge on any atom is 0.408 e. The van der Waals surface area contributed by atoms with Crippen LogP contribution in [-0.4, -0.2) is 79.1 Å². The van der Waals surface area contributed by atoms with Gasteiger partial charge in [0, 0.05) is 48.7 Å². The van der Waals surface area contributed by atoms with Gasteiger partial charge in [0.2, 0.25) is 17.7 Å². The molecule has 2 aliphatic heterocycles. The molecule has 1 atom stereocenters. The molecule has 0 aliphatic carbocycles. The van der Waals surface area contributed by atoms with Crippen LogP contribution in [0.3, 0.4) is 0 Å². The monoisotopic (exact) mass is 754 g/mol. The molecule has 3 N–H and O–H groups in total. The van der Waals surface area contributed by atoms with Crippen LogP contribution in [0.25, 0.3) is 11.3 Å². The Morgan fingerprint density at radius 3 is 2.33 bits per heavy atom. The maximum atomic E-state index is 14.1. The number of ether oxygens (including phenoxy) is 2. The molecule has 1 unspecified atom stereocenters. The number of benzene rings is 3. The van der Waals surface area contributed by atoms with E-state index in [0.29, 0.717) is 31.6 Å². The van der Waals surface area contributed by atoms with Gasteiger partial charge in [0.05, 0.1) is 17.2 Å². The van der Waals surface area contributed by atoms with Crippen LogP contribution in [-0.2, 0) is 26.0 Å². The summed E-state index contributed by atoms with van der Waals surface area (Å²) < 4.78 is 41.4. The van der Waals surface area contributed by atoms with E-state index in [1.807, 2.05) is 62.4 Å². The number of hydrogen-bond donors (Lipinski definition) is 3. The van der Waals surface area contributed by atoms with Crippen molar-refractivity contribution < 1.29 is 32.3 Å². The number of anilines is 1. The second kappa shape index (κ2) is 15.5. The van der Waals surface area contributed by atoms with Gasteiger partial charge in [-0.05, 0) is 82.3 Å². The van der Waals surface area contributed by atoms with Crippen molar-refractivity contribution in [2.45, 2.75) is 70.4 Å². The first-order chi connectivity index (χ1) is 25.6. The van der Waals surface area contributed by atoms with Gasteiger partial charge in [0.25, 0.3) is 15.9 Å². The minimum atomic E-state index is -4.18. The standard InChI is InChI=1S/C40H46N6O7S/c1-26-11-9-12-27(2)34(26)31-23-33-44-37(42-31)45-54(50,51)30-16-10-15-29(22-30)35(47)41-24-40(25-52-33)17-19-46(20-18-40)36(48)32(21-28-13-7-6-8-14-28)43-38(49)53-39(3,4)5/h6-16,22-23,32H,17-21,24-25H2,1-5H3,(H,41,47)(H,43,49)(H,42,44,45). The largest absolute Gasteiger partial charge is 0.477 e. The number of nitrogens with one attached hydrogen (secondary N) is 3. The van der Waals surface area contributed by atoms with E-state index >= 15 is 0 Å². The van der Waals surface area contributed by atoms with Crippen molar-refractivity contribution in [1.82, 2.24) is 25.5 Å².